The molecule has 0 aromatic heterocycles. The number of nitrogens with one attached hydrogen (secondary N) is 2. The lowest BCUT2D eigenvalue weighted by atomic mass is 9.91. The molecule has 0 saturated carbocycles. The molecule has 6 heteroatoms. The van der Waals surface area contributed by atoms with E-state index in [0.717, 1.165) is 16.9 Å². The Morgan fingerprint density at radius 2 is 1.50 bits per heavy atom. The molecule has 2 aromatic carbocycles. The fraction of sp³-hybridized carbons (Fsp3) is 0.333. The van der Waals surface area contributed by atoms with Gasteiger partial charge < -0.3 is 20.1 Å². The zero-order chi connectivity index (χ0) is 21.8. The van der Waals surface area contributed by atoms with Crippen molar-refractivity contribution in [1.29, 1.82) is 0 Å². The van der Waals surface area contributed by atoms with Crippen LogP contribution in [0.3, 0.4) is 0 Å². The summed E-state index contributed by atoms with van der Waals surface area (Å²) in [6, 6.07) is 14.2. The number of carbonyl (C=O) groups excluding carboxylic acids is 2. The number of ether oxygens (including phenoxy) is 2. The second-order valence-corrected chi connectivity index (χ2v) is 7.95. The van der Waals surface area contributed by atoms with Crippen LogP contribution in [0.15, 0.2) is 59.8 Å². The molecule has 3 rings (SSSR count). The first-order valence-electron chi connectivity index (χ1n) is 10.1. The van der Waals surface area contributed by atoms with E-state index in [1.807, 2.05) is 69.3 Å². The molecule has 1 aliphatic heterocycles. The van der Waals surface area contributed by atoms with Gasteiger partial charge in [0.25, 0.3) is 0 Å². The van der Waals surface area contributed by atoms with Crippen molar-refractivity contribution in [3.05, 3.63) is 70.9 Å². The summed E-state index contributed by atoms with van der Waals surface area (Å²) in [5, 5.41) is 5.62. The lowest BCUT2D eigenvalue weighted by Crippen LogP contribution is -2.47. The van der Waals surface area contributed by atoms with Gasteiger partial charge in [0, 0.05) is 5.70 Å². The summed E-state index contributed by atoms with van der Waals surface area (Å²) in [7, 11) is 0. The summed E-state index contributed by atoms with van der Waals surface area (Å²) in [4.78, 5) is 25.1. The number of allylic oxidation sites excluding steroid dienone is 1. The minimum atomic E-state index is -0.601. The third-order valence-electron chi connectivity index (χ3n) is 4.71. The van der Waals surface area contributed by atoms with Crippen molar-refractivity contribution < 1.29 is 19.1 Å². The number of urea groups is 1. The topological polar surface area (TPSA) is 76.7 Å². The smallest absolute Gasteiger partial charge is 0.338 e. The summed E-state index contributed by atoms with van der Waals surface area (Å²) < 4.78 is 11.3. The molecule has 1 heterocycles. The van der Waals surface area contributed by atoms with Crippen LogP contribution >= 0.6 is 0 Å². The van der Waals surface area contributed by atoms with E-state index in [9.17, 15) is 9.59 Å². The van der Waals surface area contributed by atoms with E-state index < -0.39 is 12.0 Å². The molecule has 2 aromatic rings. The zero-order valence-electron chi connectivity index (χ0n) is 18.0. The molecule has 158 valence electrons. The van der Waals surface area contributed by atoms with E-state index in [4.69, 9.17) is 9.47 Å². The van der Waals surface area contributed by atoms with Gasteiger partial charge in [-0.05, 0) is 56.5 Å². The highest BCUT2D eigenvalue weighted by molar-refractivity contribution is 5.95. The Labute approximate surface area is 177 Å². The fourth-order valence-corrected chi connectivity index (χ4v) is 3.27. The summed E-state index contributed by atoms with van der Waals surface area (Å²) in [6.45, 7) is 9.48. The Morgan fingerprint density at radius 1 is 0.933 bits per heavy atom. The minimum absolute atomic E-state index is 0.0441. The Hall–Kier alpha value is -3.28. The maximum atomic E-state index is 12.9. The van der Waals surface area contributed by atoms with Crippen LogP contribution in [-0.2, 0) is 9.53 Å². The van der Waals surface area contributed by atoms with Crippen LogP contribution < -0.4 is 15.4 Å². The van der Waals surface area contributed by atoms with Crippen LogP contribution in [0.4, 0.5) is 4.79 Å². The quantitative estimate of drug-likeness (QED) is 0.659. The highest BCUT2D eigenvalue weighted by Crippen LogP contribution is 2.32. The molecule has 1 aliphatic rings. The number of hydrogen-bond donors (Lipinski definition) is 2. The molecule has 2 N–H and O–H groups in total. The zero-order valence-corrected chi connectivity index (χ0v) is 18.0. The molecule has 0 spiro atoms. The second-order valence-electron chi connectivity index (χ2n) is 7.95. The normalized spacial score (nSPS) is 16.4. The molecule has 0 saturated heterocycles. The Bertz CT molecular complexity index is 944. The van der Waals surface area contributed by atoms with E-state index in [0.29, 0.717) is 17.0 Å². The SMILES string of the molecule is Cc1ccc(Oc2ccc(C3NC(=O)NC(C(C)C)=C3C(=O)OC(C)C)cc2)cc1. The third-order valence-corrected chi connectivity index (χ3v) is 4.71. The van der Waals surface area contributed by atoms with Crippen LogP contribution in [0.5, 0.6) is 11.5 Å². The number of aryl methyl sites for hydroxylation is 1. The van der Waals surface area contributed by atoms with Crippen LogP contribution in [0.1, 0.15) is 44.9 Å². The first-order valence-corrected chi connectivity index (χ1v) is 10.1. The third kappa shape index (κ3) is 5.00. The van der Waals surface area contributed by atoms with E-state index >= 15 is 0 Å². The van der Waals surface area contributed by atoms with Gasteiger partial charge in [-0.25, -0.2) is 9.59 Å². The molecule has 30 heavy (non-hydrogen) atoms. The van der Waals surface area contributed by atoms with Crippen molar-refractivity contribution in [2.75, 3.05) is 0 Å². The highest BCUT2D eigenvalue weighted by Gasteiger charge is 2.35. The summed E-state index contributed by atoms with van der Waals surface area (Å²) >= 11 is 0. The average molecular weight is 408 g/mol. The second kappa shape index (κ2) is 9.03. The molecule has 1 atom stereocenters. The van der Waals surface area contributed by atoms with Crippen molar-refractivity contribution >= 4 is 12.0 Å². The number of benzene rings is 2. The lowest BCUT2D eigenvalue weighted by Gasteiger charge is -2.31. The van der Waals surface area contributed by atoms with Gasteiger partial charge in [-0.2, -0.15) is 0 Å². The van der Waals surface area contributed by atoms with E-state index in [1.165, 1.54) is 0 Å². The van der Waals surface area contributed by atoms with Gasteiger partial charge in [0.05, 0.1) is 17.7 Å². The predicted molar refractivity (Wildman–Crippen MR) is 115 cm³/mol. The maximum Gasteiger partial charge on any atom is 0.338 e. The van der Waals surface area contributed by atoms with Crippen molar-refractivity contribution in [2.45, 2.75) is 46.8 Å². The largest absolute Gasteiger partial charge is 0.459 e. The Morgan fingerprint density at radius 3 is 2.03 bits per heavy atom. The molecular weight excluding hydrogens is 380 g/mol. The molecule has 2 amide bonds. The maximum absolute atomic E-state index is 12.9. The summed E-state index contributed by atoms with van der Waals surface area (Å²) in [5.74, 6) is 0.928. The number of amides is 2. The molecule has 0 bridgehead atoms. The molecule has 6 nitrogen and oxygen atoms in total. The molecule has 0 radical (unpaired) electrons. The standard InChI is InChI=1S/C24H28N2O4/c1-14(2)21-20(23(27)29-15(3)4)22(26-24(28)25-21)17-8-12-19(13-9-17)30-18-10-6-16(5)7-11-18/h6-15,22H,1-5H3,(H2,25,26,28). The minimum Gasteiger partial charge on any atom is -0.459 e. The van der Waals surface area contributed by atoms with E-state index in [1.54, 1.807) is 13.8 Å². The molecule has 0 fully saturated rings. The summed E-state index contributed by atoms with van der Waals surface area (Å²) in [5.41, 5.74) is 2.93. The fourth-order valence-electron chi connectivity index (χ4n) is 3.27. The Balaban J connectivity index is 1.90. The number of carbonyl (C=O) groups is 2. The predicted octanol–water partition coefficient (Wildman–Crippen LogP) is 5.00. The van der Waals surface area contributed by atoms with Gasteiger partial charge in [0.1, 0.15) is 11.5 Å². The molecular formula is C24H28N2O4. The van der Waals surface area contributed by atoms with Crippen LogP contribution in [0, 0.1) is 12.8 Å². The number of rotatable bonds is 6. The van der Waals surface area contributed by atoms with Crippen molar-refractivity contribution in [3.63, 3.8) is 0 Å². The number of hydrogen-bond acceptors (Lipinski definition) is 4. The van der Waals surface area contributed by atoms with Gasteiger partial charge in [-0.3, -0.25) is 0 Å². The Kier molecular flexibility index (Phi) is 6.45. The first-order chi connectivity index (χ1) is 14.2. The van der Waals surface area contributed by atoms with Gasteiger partial charge >= 0.3 is 12.0 Å². The van der Waals surface area contributed by atoms with E-state index in [-0.39, 0.29) is 18.1 Å². The number of esters is 1. The van der Waals surface area contributed by atoms with Gasteiger partial charge in [0.2, 0.25) is 0 Å². The summed E-state index contributed by atoms with van der Waals surface area (Å²) in [6.07, 6.45) is -0.262. The van der Waals surface area contributed by atoms with Crippen molar-refractivity contribution in [1.82, 2.24) is 10.6 Å². The van der Waals surface area contributed by atoms with E-state index in [2.05, 4.69) is 10.6 Å². The molecule has 0 aliphatic carbocycles. The van der Waals surface area contributed by atoms with Gasteiger partial charge in [0.15, 0.2) is 0 Å². The van der Waals surface area contributed by atoms with Crippen LogP contribution in [0.25, 0.3) is 0 Å². The van der Waals surface area contributed by atoms with Crippen LogP contribution in [0.2, 0.25) is 0 Å². The highest BCUT2D eigenvalue weighted by atomic mass is 16.5. The van der Waals surface area contributed by atoms with Gasteiger partial charge in [-0.15, -0.1) is 0 Å². The molecule has 1 unspecified atom stereocenters. The monoisotopic (exact) mass is 408 g/mol. The lowest BCUT2D eigenvalue weighted by molar-refractivity contribution is -0.143. The van der Waals surface area contributed by atoms with Crippen molar-refractivity contribution in [2.24, 2.45) is 5.92 Å². The average Bonchev–Trinajstić information content (AvgIpc) is 2.69. The van der Waals surface area contributed by atoms with Crippen molar-refractivity contribution in [3.8, 4) is 11.5 Å². The van der Waals surface area contributed by atoms with Gasteiger partial charge in [-0.1, -0.05) is 43.7 Å². The first kappa shape index (κ1) is 21.4. The van der Waals surface area contributed by atoms with Crippen LogP contribution in [-0.4, -0.2) is 18.1 Å².